The molecule has 0 aliphatic rings. The fourth-order valence-corrected chi connectivity index (χ4v) is 1.08. The van der Waals surface area contributed by atoms with Crippen molar-refractivity contribution in [2.45, 2.75) is 0 Å². The third kappa shape index (κ3) is 7.81. The average Bonchev–Trinajstić information content (AvgIpc) is 1.84. The van der Waals surface area contributed by atoms with Crippen molar-refractivity contribution in [3.8, 4) is 0 Å². The van der Waals surface area contributed by atoms with Gasteiger partial charge in [-0.2, -0.15) is 0 Å². The Balaban J connectivity index is 0.000000261. The molecular weight excluding hydrogens is 257 g/mol. The number of rotatable bonds is 0. The van der Waals surface area contributed by atoms with E-state index in [0.29, 0.717) is 5.82 Å². The predicted molar refractivity (Wildman–Crippen MR) is 53.6 cm³/mol. The number of pyridine rings is 1. The minimum atomic E-state index is 0.610. The molecule has 3 radical (unpaired) electrons. The molecular formula is C8H14N3Sn. The molecule has 0 amide bonds. The Labute approximate surface area is 87.1 Å². The summed E-state index contributed by atoms with van der Waals surface area (Å²) in [6, 6.07) is 3.83. The number of nitrogen functional groups attached to an aromatic ring is 1. The van der Waals surface area contributed by atoms with E-state index in [0.717, 1.165) is 0 Å². The molecule has 1 aromatic heterocycles. The Hall–Kier alpha value is -0.291. The summed E-state index contributed by atoms with van der Waals surface area (Å²) in [4.78, 5) is 5.83. The van der Waals surface area contributed by atoms with Crippen LogP contribution in [0.2, 0.25) is 0 Å². The normalized spacial score (nSPS) is 9.08. The van der Waals surface area contributed by atoms with E-state index in [4.69, 9.17) is 5.73 Å². The molecule has 65 valence electrons. The van der Waals surface area contributed by atoms with Gasteiger partial charge in [-0.25, -0.2) is 0 Å². The number of hydrogen-bond acceptors (Lipinski definition) is 3. The van der Waals surface area contributed by atoms with E-state index in [2.05, 4.69) is 4.98 Å². The van der Waals surface area contributed by atoms with E-state index in [1.807, 2.05) is 38.2 Å². The predicted octanol–water partition coefficient (Wildman–Crippen LogP) is -0.365. The minimum absolute atomic E-state index is 0.610. The quantitative estimate of drug-likeness (QED) is 0.655. The molecule has 0 aliphatic carbocycles. The Morgan fingerprint density at radius 2 is 1.92 bits per heavy atom. The SMILES string of the molecule is CN(C)C.Nc1c[c]([Sn])ccn1. The van der Waals surface area contributed by atoms with Crippen LogP contribution in [0.3, 0.4) is 0 Å². The van der Waals surface area contributed by atoms with Gasteiger partial charge in [0.05, 0.1) is 0 Å². The Morgan fingerprint density at radius 3 is 2.17 bits per heavy atom. The summed E-state index contributed by atoms with van der Waals surface area (Å²) >= 11 is 1.38. The van der Waals surface area contributed by atoms with Crippen LogP contribution in [0.25, 0.3) is 0 Å². The molecule has 0 atom stereocenters. The zero-order valence-electron chi connectivity index (χ0n) is 7.70. The number of aromatic nitrogens is 1. The first-order valence-electron chi connectivity index (χ1n) is 3.56. The fraction of sp³-hybridized carbons (Fsp3) is 0.375. The van der Waals surface area contributed by atoms with E-state index < -0.39 is 0 Å². The summed E-state index contributed by atoms with van der Waals surface area (Å²) < 4.78 is 1.24. The third-order valence-electron chi connectivity index (χ3n) is 0.781. The first-order valence-corrected chi connectivity index (χ1v) is 4.99. The van der Waals surface area contributed by atoms with Gasteiger partial charge in [0.2, 0.25) is 0 Å². The van der Waals surface area contributed by atoms with Crippen LogP contribution >= 0.6 is 0 Å². The molecule has 0 aromatic carbocycles. The van der Waals surface area contributed by atoms with Crippen molar-refractivity contribution in [1.82, 2.24) is 9.88 Å². The van der Waals surface area contributed by atoms with Gasteiger partial charge in [-0.15, -0.1) is 0 Å². The van der Waals surface area contributed by atoms with Crippen LogP contribution in [0.1, 0.15) is 0 Å². The van der Waals surface area contributed by atoms with Gasteiger partial charge in [0.15, 0.2) is 0 Å². The molecule has 1 aromatic rings. The molecule has 12 heavy (non-hydrogen) atoms. The summed E-state index contributed by atoms with van der Waals surface area (Å²) in [5, 5.41) is 0. The van der Waals surface area contributed by atoms with Crippen molar-refractivity contribution in [3.05, 3.63) is 18.3 Å². The van der Waals surface area contributed by atoms with Gasteiger partial charge >= 0.3 is 61.0 Å². The zero-order chi connectivity index (χ0) is 9.56. The summed E-state index contributed by atoms with van der Waals surface area (Å²) in [7, 11) is 6.00. The summed E-state index contributed by atoms with van der Waals surface area (Å²) in [6.07, 6.45) is 1.72. The fourth-order valence-electron chi connectivity index (χ4n) is 0.448. The monoisotopic (exact) mass is 272 g/mol. The second kappa shape index (κ2) is 6.25. The number of anilines is 1. The van der Waals surface area contributed by atoms with E-state index >= 15 is 0 Å². The van der Waals surface area contributed by atoms with Crippen molar-refractivity contribution in [1.29, 1.82) is 0 Å². The molecule has 1 rings (SSSR count). The first kappa shape index (κ1) is 11.7. The zero-order valence-corrected chi connectivity index (χ0v) is 10.6. The van der Waals surface area contributed by atoms with Crippen molar-refractivity contribution in [3.63, 3.8) is 0 Å². The van der Waals surface area contributed by atoms with Crippen molar-refractivity contribution < 1.29 is 0 Å². The van der Waals surface area contributed by atoms with Gasteiger partial charge in [-0.1, -0.05) is 0 Å². The molecule has 0 fully saturated rings. The summed E-state index contributed by atoms with van der Waals surface area (Å²) in [5.74, 6) is 0.610. The Morgan fingerprint density at radius 1 is 1.42 bits per heavy atom. The summed E-state index contributed by atoms with van der Waals surface area (Å²) in [5.41, 5.74) is 5.36. The summed E-state index contributed by atoms with van der Waals surface area (Å²) in [6.45, 7) is 0. The van der Waals surface area contributed by atoms with E-state index in [1.165, 1.54) is 26.1 Å². The number of nitrogens with two attached hydrogens (primary N) is 1. The van der Waals surface area contributed by atoms with Crippen molar-refractivity contribution >= 4 is 31.9 Å². The Bertz CT molecular complexity index is 205. The van der Waals surface area contributed by atoms with Crippen molar-refractivity contribution in [2.24, 2.45) is 0 Å². The average molecular weight is 271 g/mol. The molecule has 0 saturated carbocycles. The third-order valence-corrected chi connectivity index (χ3v) is 1.67. The molecule has 4 heteroatoms. The van der Waals surface area contributed by atoms with Crippen LogP contribution in [0.5, 0.6) is 0 Å². The molecule has 0 spiro atoms. The van der Waals surface area contributed by atoms with Gasteiger partial charge in [0.1, 0.15) is 0 Å². The van der Waals surface area contributed by atoms with Crippen LogP contribution in [0.15, 0.2) is 18.3 Å². The van der Waals surface area contributed by atoms with Gasteiger partial charge in [0.25, 0.3) is 0 Å². The number of nitrogens with zero attached hydrogens (tertiary/aromatic N) is 2. The number of hydrogen-bond donors (Lipinski definition) is 1. The van der Waals surface area contributed by atoms with Crippen molar-refractivity contribution in [2.75, 3.05) is 26.9 Å². The molecule has 1 heterocycles. The van der Waals surface area contributed by atoms with Gasteiger partial charge < -0.3 is 4.90 Å². The van der Waals surface area contributed by atoms with E-state index in [-0.39, 0.29) is 0 Å². The van der Waals surface area contributed by atoms with E-state index in [1.54, 1.807) is 6.20 Å². The topological polar surface area (TPSA) is 42.1 Å². The molecule has 3 nitrogen and oxygen atoms in total. The first-order chi connectivity index (χ1) is 5.52. The molecule has 0 saturated heterocycles. The molecule has 0 unspecified atom stereocenters. The van der Waals surface area contributed by atoms with Gasteiger partial charge in [-0.05, 0) is 21.1 Å². The van der Waals surface area contributed by atoms with Crippen LogP contribution < -0.4 is 9.31 Å². The Kier molecular flexibility index (Phi) is 6.10. The van der Waals surface area contributed by atoms with Crippen LogP contribution in [-0.4, -0.2) is 53.6 Å². The molecule has 0 bridgehead atoms. The molecule has 2 N–H and O–H groups in total. The second-order valence-electron chi connectivity index (χ2n) is 2.81. The second-order valence-corrected chi connectivity index (χ2v) is 4.46. The van der Waals surface area contributed by atoms with Crippen LogP contribution in [0, 0.1) is 0 Å². The molecule has 0 aliphatic heterocycles. The maximum atomic E-state index is 5.36. The van der Waals surface area contributed by atoms with E-state index in [9.17, 15) is 0 Å². The van der Waals surface area contributed by atoms with Gasteiger partial charge in [0, 0.05) is 0 Å². The van der Waals surface area contributed by atoms with Crippen LogP contribution in [0.4, 0.5) is 5.82 Å². The standard InChI is InChI=1S/C5H5N2.C3H9N.Sn/c6-5-3-1-2-4-7-5;1-4(2)3;/h2-4H,(H2,6,7);1-3H3;. The van der Waals surface area contributed by atoms with Crippen LogP contribution in [-0.2, 0) is 0 Å². The van der Waals surface area contributed by atoms with Gasteiger partial charge in [-0.3, -0.25) is 0 Å². The maximum absolute atomic E-state index is 5.36.